The van der Waals surface area contributed by atoms with Gasteiger partial charge in [0.25, 0.3) is 11.4 Å². The Hall–Kier alpha value is -3.31. The minimum absolute atomic E-state index is 0.246. The second kappa shape index (κ2) is 8.17. The van der Waals surface area contributed by atoms with Crippen LogP contribution in [0, 0.1) is 12.4 Å². The second-order valence-corrected chi connectivity index (χ2v) is 11.6. The minimum Gasteiger partial charge on any atom is -0.338 e. The maximum Gasteiger partial charge on any atom is 0.258 e. The van der Waals surface area contributed by atoms with Crippen molar-refractivity contribution < 1.29 is 17.6 Å². The standard InChI is InChI=1S/C26H24FN3O3S/c1-28-26(11-12-26)18-5-3-17(4-6-18)24-21-15-19(27)7-8-23(21)29-16-22(24)25(31)30-13-9-20(10-14-30)34(2,32)33/h3-8,15-16,20H,9-14H2,2H3. The minimum atomic E-state index is -3.15. The molecule has 1 aliphatic heterocycles. The molecule has 1 saturated heterocycles. The zero-order valence-electron chi connectivity index (χ0n) is 18.8. The van der Waals surface area contributed by atoms with E-state index in [-0.39, 0.29) is 5.91 Å². The maximum absolute atomic E-state index is 14.2. The van der Waals surface area contributed by atoms with Gasteiger partial charge < -0.3 is 9.74 Å². The molecule has 1 saturated carbocycles. The molecule has 174 valence electrons. The molecule has 1 aromatic heterocycles. The molecule has 6 nitrogen and oxygen atoms in total. The van der Waals surface area contributed by atoms with E-state index in [0.29, 0.717) is 48.0 Å². The number of pyridine rings is 1. The van der Waals surface area contributed by atoms with Gasteiger partial charge in [-0.2, -0.15) is 0 Å². The van der Waals surface area contributed by atoms with Gasteiger partial charge in [-0.05, 0) is 36.6 Å². The third-order valence-electron chi connectivity index (χ3n) is 7.04. The quantitative estimate of drug-likeness (QED) is 0.515. The highest BCUT2D eigenvalue weighted by Crippen LogP contribution is 2.50. The Morgan fingerprint density at radius 2 is 1.82 bits per heavy atom. The molecule has 5 rings (SSSR count). The number of rotatable bonds is 4. The van der Waals surface area contributed by atoms with Crippen molar-refractivity contribution in [2.75, 3.05) is 19.3 Å². The van der Waals surface area contributed by atoms with Crippen molar-refractivity contribution in [3.63, 3.8) is 0 Å². The number of carbonyl (C=O) groups is 1. The molecule has 0 unspecified atom stereocenters. The number of carbonyl (C=O) groups excluding carboxylic acids is 1. The van der Waals surface area contributed by atoms with Crippen LogP contribution in [0.15, 0.2) is 48.7 Å². The SMILES string of the molecule is [C-]#[N+]C1(c2ccc(-c3c(C(=O)N4CCC(S(C)(=O)=O)CC4)cnc4ccc(F)cc34)cc2)CC1. The summed E-state index contributed by atoms with van der Waals surface area (Å²) in [6, 6.07) is 11.9. The van der Waals surface area contributed by atoms with E-state index in [1.807, 2.05) is 24.3 Å². The summed E-state index contributed by atoms with van der Waals surface area (Å²) in [5.74, 6) is -0.666. The number of halogens is 1. The Kier molecular flexibility index (Phi) is 5.40. The number of benzene rings is 2. The number of fused-ring (bicyclic) bond motifs is 1. The summed E-state index contributed by atoms with van der Waals surface area (Å²) in [6.45, 7) is 8.17. The van der Waals surface area contributed by atoms with E-state index in [9.17, 15) is 17.6 Å². The molecule has 0 spiro atoms. The zero-order valence-corrected chi connectivity index (χ0v) is 19.6. The molecular weight excluding hydrogens is 453 g/mol. The zero-order chi connectivity index (χ0) is 24.1. The first-order valence-electron chi connectivity index (χ1n) is 11.3. The van der Waals surface area contributed by atoms with E-state index in [2.05, 4.69) is 9.83 Å². The van der Waals surface area contributed by atoms with E-state index >= 15 is 0 Å². The lowest BCUT2D eigenvalue weighted by atomic mass is 9.93. The first-order chi connectivity index (χ1) is 16.2. The number of hydrogen-bond donors (Lipinski definition) is 0. The lowest BCUT2D eigenvalue weighted by Gasteiger charge is -2.31. The van der Waals surface area contributed by atoms with Gasteiger partial charge in [-0.1, -0.05) is 24.3 Å². The first-order valence-corrected chi connectivity index (χ1v) is 13.2. The van der Waals surface area contributed by atoms with Gasteiger partial charge >= 0.3 is 0 Å². The number of sulfone groups is 1. The molecule has 2 fully saturated rings. The lowest BCUT2D eigenvalue weighted by Crippen LogP contribution is -2.42. The molecule has 1 aliphatic carbocycles. The fourth-order valence-corrected chi connectivity index (χ4v) is 5.89. The monoisotopic (exact) mass is 477 g/mol. The summed E-state index contributed by atoms with van der Waals surface area (Å²) in [6.07, 6.45) is 5.22. The molecule has 0 atom stereocenters. The number of piperidine rings is 1. The molecule has 2 aromatic carbocycles. The molecular formula is C26H24FN3O3S. The molecule has 0 bridgehead atoms. The van der Waals surface area contributed by atoms with Gasteiger partial charge in [0, 0.05) is 54.9 Å². The second-order valence-electron chi connectivity index (χ2n) is 9.25. The highest BCUT2D eigenvalue weighted by Gasteiger charge is 2.52. The van der Waals surface area contributed by atoms with Crippen molar-refractivity contribution >= 4 is 26.6 Å². The highest BCUT2D eigenvalue weighted by molar-refractivity contribution is 7.91. The molecule has 2 heterocycles. The summed E-state index contributed by atoms with van der Waals surface area (Å²) in [7, 11) is -3.15. The number of aromatic nitrogens is 1. The molecule has 0 radical (unpaired) electrons. The third-order valence-corrected chi connectivity index (χ3v) is 8.73. The van der Waals surface area contributed by atoms with Gasteiger partial charge in [0.05, 0.1) is 16.3 Å². The van der Waals surface area contributed by atoms with Crippen LogP contribution in [-0.2, 0) is 15.4 Å². The van der Waals surface area contributed by atoms with E-state index in [1.165, 1.54) is 24.6 Å². The summed E-state index contributed by atoms with van der Waals surface area (Å²) < 4.78 is 38.1. The average molecular weight is 478 g/mol. The largest absolute Gasteiger partial charge is 0.338 e. The fraction of sp³-hybridized carbons (Fsp3) is 0.346. The average Bonchev–Trinajstić information content (AvgIpc) is 3.64. The van der Waals surface area contributed by atoms with Crippen LogP contribution < -0.4 is 0 Å². The van der Waals surface area contributed by atoms with Gasteiger partial charge in [-0.15, -0.1) is 0 Å². The van der Waals surface area contributed by atoms with Crippen molar-refractivity contribution in [3.05, 3.63) is 77.0 Å². The Labute approximate surface area is 198 Å². The van der Waals surface area contributed by atoms with E-state index < -0.39 is 26.4 Å². The summed E-state index contributed by atoms with van der Waals surface area (Å²) in [5, 5.41) is 0.0977. The fourth-order valence-electron chi connectivity index (χ4n) is 4.83. The predicted octanol–water partition coefficient (Wildman–Crippen LogP) is 4.60. The first kappa shape index (κ1) is 22.5. The summed E-state index contributed by atoms with van der Waals surface area (Å²) in [5.41, 5.74) is 2.79. The van der Waals surface area contributed by atoms with Crippen LogP contribution in [-0.4, -0.2) is 48.8 Å². The molecule has 34 heavy (non-hydrogen) atoms. The molecule has 1 amide bonds. The van der Waals surface area contributed by atoms with Crippen LogP contribution in [0.1, 0.15) is 41.6 Å². The van der Waals surface area contributed by atoms with E-state index in [4.69, 9.17) is 6.57 Å². The molecule has 3 aromatic rings. The van der Waals surface area contributed by atoms with Gasteiger partial charge in [0.1, 0.15) is 15.7 Å². The summed E-state index contributed by atoms with van der Waals surface area (Å²) in [4.78, 5) is 23.4. The smallest absolute Gasteiger partial charge is 0.258 e. The van der Waals surface area contributed by atoms with Crippen LogP contribution in [0.25, 0.3) is 26.9 Å². The Morgan fingerprint density at radius 3 is 2.41 bits per heavy atom. The lowest BCUT2D eigenvalue weighted by molar-refractivity contribution is 0.0726. The topological polar surface area (TPSA) is 71.7 Å². The Balaban J connectivity index is 1.56. The number of hydrogen-bond acceptors (Lipinski definition) is 4. The van der Waals surface area contributed by atoms with Crippen LogP contribution in [0.2, 0.25) is 0 Å². The van der Waals surface area contributed by atoms with Crippen molar-refractivity contribution in [2.45, 2.75) is 36.5 Å². The predicted molar refractivity (Wildman–Crippen MR) is 128 cm³/mol. The molecule has 2 aliphatic rings. The number of amides is 1. The van der Waals surface area contributed by atoms with Gasteiger partial charge in [0.2, 0.25) is 0 Å². The van der Waals surface area contributed by atoms with Crippen LogP contribution >= 0.6 is 0 Å². The van der Waals surface area contributed by atoms with E-state index in [1.54, 1.807) is 11.0 Å². The normalized spacial score (nSPS) is 18.0. The maximum atomic E-state index is 14.2. The van der Waals surface area contributed by atoms with Crippen LogP contribution in [0.3, 0.4) is 0 Å². The Bertz CT molecular complexity index is 1430. The van der Waals surface area contributed by atoms with Crippen LogP contribution in [0.4, 0.5) is 4.39 Å². The third kappa shape index (κ3) is 3.94. The van der Waals surface area contributed by atoms with Crippen molar-refractivity contribution in [3.8, 4) is 11.1 Å². The van der Waals surface area contributed by atoms with E-state index in [0.717, 1.165) is 24.0 Å². The van der Waals surface area contributed by atoms with Gasteiger partial charge in [0.15, 0.2) is 0 Å². The van der Waals surface area contributed by atoms with Crippen molar-refractivity contribution in [1.29, 1.82) is 0 Å². The number of likely N-dealkylation sites (tertiary alicyclic amines) is 1. The van der Waals surface area contributed by atoms with Gasteiger partial charge in [-0.3, -0.25) is 9.78 Å². The van der Waals surface area contributed by atoms with Crippen LogP contribution in [0.5, 0.6) is 0 Å². The van der Waals surface area contributed by atoms with Gasteiger partial charge in [-0.25, -0.2) is 19.4 Å². The highest BCUT2D eigenvalue weighted by atomic mass is 32.2. The Morgan fingerprint density at radius 1 is 1.15 bits per heavy atom. The molecule has 8 heteroatoms. The number of nitrogens with zero attached hydrogens (tertiary/aromatic N) is 3. The van der Waals surface area contributed by atoms with Crippen molar-refractivity contribution in [2.24, 2.45) is 0 Å². The molecule has 0 N–H and O–H groups in total. The summed E-state index contributed by atoms with van der Waals surface area (Å²) >= 11 is 0. The van der Waals surface area contributed by atoms with Crippen molar-refractivity contribution in [1.82, 2.24) is 9.88 Å².